The fourth-order valence-corrected chi connectivity index (χ4v) is 2.22. The number of anilines is 2. The number of hydrogen-bond donors (Lipinski definition) is 4. The quantitative estimate of drug-likeness (QED) is 0.508. The van der Waals surface area contributed by atoms with Crippen LogP contribution in [0.4, 0.5) is 27.9 Å². The lowest BCUT2D eigenvalue weighted by Crippen LogP contribution is -2.08. The highest BCUT2D eigenvalue weighted by Crippen LogP contribution is 2.36. The van der Waals surface area contributed by atoms with Gasteiger partial charge in [0.1, 0.15) is 5.82 Å². The number of halogens is 1. The Balaban J connectivity index is 1.99. The largest absolute Gasteiger partial charge is 0.493 e. The molecule has 0 aliphatic rings. The maximum Gasteiger partial charge on any atom is 0.275 e. The van der Waals surface area contributed by atoms with Gasteiger partial charge in [0.15, 0.2) is 5.69 Å². The maximum absolute atomic E-state index is 13.4. The van der Waals surface area contributed by atoms with Gasteiger partial charge in [-0.05, 0) is 32.0 Å². The third-order valence-electron chi connectivity index (χ3n) is 3.25. The number of hydrogen-bond acceptors (Lipinski definition) is 8. The molecule has 0 atom stereocenters. The molecule has 0 aliphatic heterocycles. The van der Waals surface area contributed by atoms with Crippen molar-refractivity contribution in [3.8, 4) is 5.88 Å². The highest BCUT2D eigenvalue weighted by atomic mass is 19.1. The molecule has 1 aromatic carbocycles. The first-order valence-corrected chi connectivity index (χ1v) is 7.76. The normalized spacial score (nSPS) is 11.3. The molecule has 3 aromatic rings. The second-order valence-corrected chi connectivity index (χ2v) is 5.06. The Hall–Kier alpha value is -3.30. The van der Waals surface area contributed by atoms with Crippen molar-refractivity contribution in [3.05, 3.63) is 24.0 Å². The van der Waals surface area contributed by atoms with Gasteiger partial charge in [-0.2, -0.15) is 15.0 Å². The zero-order chi connectivity index (χ0) is 17.8. The zero-order valence-corrected chi connectivity index (χ0v) is 13.7. The van der Waals surface area contributed by atoms with Gasteiger partial charge in [-0.25, -0.2) is 4.39 Å². The average Bonchev–Trinajstić information content (AvgIpc) is 2.88. The summed E-state index contributed by atoms with van der Waals surface area (Å²) in [5, 5.41) is 24.3. The van der Waals surface area contributed by atoms with E-state index >= 15 is 0 Å². The molecular weight excluding hydrogens is 327 g/mol. The van der Waals surface area contributed by atoms with Crippen LogP contribution in [0.2, 0.25) is 0 Å². The minimum atomic E-state index is -0.438. The van der Waals surface area contributed by atoms with Crippen molar-refractivity contribution in [1.82, 2.24) is 19.9 Å². The van der Waals surface area contributed by atoms with Gasteiger partial charge in [0, 0.05) is 18.5 Å². The van der Waals surface area contributed by atoms with E-state index in [4.69, 9.17) is 0 Å². The fraction of sp³-hybridized carbons (Fsp3) is 0.267. The highest BCUT2D eigenvalue weighted by Gasteiger charge is 2.12. The number of benzene rings is 1. The number of fused-ring (bicyclic) bond motifs is 1. The van der Waals surface area contributed by atoms with Crippen LogP contribution in [0.1, 0.15) is 13.8 Å². The third kappa shape index (κ3) is 3.62. The average molecular weight is 344 g/mol. The summed E-state index contributed by atoms with van der Waals surface area (Å²) in [6, 6.07) is 4.07. The number of aromatic amines is 1. The van der Waals surface area contributed by atoms with Crippen molar-refractivity contribution >= 4 is 34.4 Å². The van der Waals surface area contributed by atoms with Crippen LogP contribution in [0, 0.1) is 5.82 Å². The Morgan fingerprint density at radius 1 is 1.08 bits per heavy atom. The molecule has 4 N–H and O–H groups in total. The lowest BCUT2D eigenvalue weighted by Gasteiger charge is -2.05. The van der Waals surface area contributed by atoms with E-state index < -0.39 is 5.82 Å². The van der Waals surface area contributed by atoms with Crippen LogP contribution in [0.5, 0.6) is 5.88 Å². The SMILES string of the molecule is CCNc1nc(N=Nc2c(O)[nH]c3ccc(F)cc23)nc(NCC)n1. The second kappa shape index (κ2) is 7.07. The molecular formula is C15H17FN8O. The standard InChI is InChI=1S/C15H17FN8O/c1-3-17-13-20-14(18-4-2)22-15(21-13)24-23-11-9-7-8(16)5-6-10(9)19-12(11)25/h5-7,19,25H,3-4H2,1-2H3,(H2,17,18,20,21,22). The van der Waals surface area contributed by atoms with Crippen LogP contribution in [0.15, 0.2) is 28.4 Å². The van der Waals surface area contributed by atoms with Gasteiger partial charge in [0.25, 0.3) is 5.95 Å². The van der Waals surface area contributed by atoms with Crippen LogP contribution in [0.25, 0.3) is 10.9 Å². The molecule has 0 radical (unpaired) electrons. The minimum absolute atomic E-state index is 0.0621. The van der Waals surface area contributed by atoms with E-state index in [9.17, 15) is 9.50 Å². The van der Waals surface area contributed by atoms with Gasteiger partial charge in [0.2, 0.25) is 17.8 Å². The second-order valence-electron chi connectivity index (χ2n) is 5.06. The molecule has 0 bridgehead atoms. The Kier molecular flexibility index (Phi) is 4.68. The maximum atomic E-state index is 13.4. The van der Waals surface area contributed by atoms with Crippen molar-refractivity contribution in [3.63, 3.8) is 0 Å². The predicted molar refractivity (Wildman–Crippen MR) is 92.3 cm³/mol. The molecule has 0 fully saturated rings. The lowest BCUT2D eigenvalue weighted by atomic mass is 10.2. The Morgan fingerprint density at radius 3 is 2.40 bits per heavy atom. The molecule has 2 heterocycles. The van der Waals surface area contributed by atoms with E-state index in [2.05, 4.69) is 40.8 Å². The summed E-state index contributed by atoms with van der Waals surface area (Å²) in [5.41, 5.74) is 0.662. The molecule has 0 amide bonds. The molecule has 0 saturated carbocycles. The van der Waals surface area contributed by atoms with Crippen molar-refractivity contribution in [2.24, 2.45) is 10.2 Å². The number of nitrogens with one attached hydrogen (secondary N) is 3. The van der Waals surface area contributed by atoms with E-state index in [-0.39, 0.29) is 17.5 Å². The molecule has 0 spiro atoms. The Bertz CT molecular complexity index is 899. The summed E-state index contributed by atoms with van der Waals surface area (Å²) in [6.45, 7) is 5.09. The Labute approximate surface area is 142 Å². The first-order valence-electron chi connectivity index (χ1n) is 7.76. The van der Waals surface area contributed by atoms with Gasteiger partial charge in [-0.3, -0.25) is 0 Å². The fourth-order valence-electron chi connectivity index (χ4n) is 2.22. The van der Waals surface area contributed by atoms with Gasteiger partial charge in [0.05, 0.1) is 5.52 Å². The van der Waals surface area contributed by atoms with Gasteiger partial charge >= 0.3 is 0 Å². The summed E-state index contributed by atoms with van der Waals surface area (Å²) in [4.78, 5) is 15.2. The predicted octanol–water partition coefficient (Wildman–Crippen LogP) is 3.48. The molecule has 0 aliphatic carbocycles. The van der Waals surface area contributed by atoms with Crippen LogP contribution in [0.3, 0.4) is 0 Å². The first-order chi connectivity index (χ1) is 12.1. The number of nitrogens with zero attached hydrogens (tertiary/aromatic N) is 5. The third-order valence-corrected chi connectivity index (χ3v) is 3.25. The smallest absolute Gasteiger partial charge is 0.275 e. The summed E-state index contributed by atoms with van der Waals surface area (Å²) in [6.07, 6.45) is 0. The van der Waals surface area contributed by atoms with Crippen LogP contribution in [-0.2, 0) is 0 Å². The molecule has 25 heavy (non-hydrogen) atoms. The summed E-state index contributed by atoms with van der Waals surface area (Å²) in [5.74, 6) is 0.129. The number of rotatable bonds is 6. The van der Waals surface area contributed by atoms with E-state index in [0.29, 0.717) is 35.9 Å². The lowest BCUT2D eigenvalue weighted by molar-refractivity contribution is 0.459. The highest BCUT2D eigenvalue weighted by molar-refractivity contribution is 5.94. The van der Waals surface area contributed by atoms with Crippen LogP contribution in [-0.4, -0.2) is 38.1 Å². The van der Waals surface area contributed by atoms with Crippen LogP contribution >= 0.6 is 0 Å². The number of aromatic nitrogens is 4. The minimum Gasteiger partial charge on any atom is -0.493 e. The topological polar surface area (TPSA) is 123 Å². The molecule has 130 valence electrons. The monoisotopic (exact) mass is 344 g/mol. The van der Waals surface area contributed by atoms with E-state index in [1.165, 1.54) is 18.2 Å². The summed E-state index contributed by atoms with van der Waals surface area (Å²) >= 11 is 0. The van der Waals surface area contributed by atoms with E-state index in [0.717, 1.165) is 0 Å². The zero-order valence-electron chi connectivity index (χ0n) is 13.7. The van der Waals surface area contributed by atoms with Crippen molar-refractivity contribution in [2.45, 2.75) is 13.8 Å². The summed E-state index contributed by atoms with van der Waals surface area (Å²) < 4.78 is 13.4. The van der Waals surface area contributed by atoms with Crippen molar-refractivity contribution < 1.29 is 9.50 Å². The van der Waals surface area contributed by atoms with Gasteiger partial charge in [-0.1, -0.05) is 0 Å². The van der Waals surface area contributed by atoms with Crippen molar-refractivity contribution in [1.29, 1.82) is 0 Å². The molecule has 0 saturated heterocycles. The van der Waals surface area contributed by atoms with Crippen LogP contribution < -0.4 is 10.6 Å². The van der Waals surface area contributed by atoms with E-state index in [1.54, 1.807) is 0 Å². The summed E-state index contributed by atoms with van der Waals surface area (Å²) in [7, 11) is 0. The number of aromatic hydroxyl groups is 1. The molecule has 9 nitrogen and oxygen atoms in total. The molecule has 10 heteroatoms. The molecule has 3 rings (SSSR count). The first kappa shape index (κ1) is 16.6. The molecule has 0 unspecified atom stereocenters. The molecule has 2 aromatic heterocycles. The van der Waals surface area contributed by atoms with Gasteiger partial charge in [-0.15, -0.1) is 10.2 Å². The van der Waals surface area contributed by atoms with E-state index in [1.807, 2.05) is 13.8 Å². The van der Waals surface area contributed by atoms with Gasteiger partial charge < -0.3 is 20.7 Å². The Morgan fingerprint density at radius 2 is 1.76 bits per heavy atom. The number of azo groups is 1. The number of H-pyrrole nitrogens is 1. The van der Waals surface area contributed by atoms with Crippen molar-refractivity contribution in [2.75, 3.05) is 23.7 Å².